The van der Waals surface area contributed by atoms with Gasteiger partial charge in [-0.3, -0.25) is 4.79 Å². The van der Waals surface area contributed by atoms with Gasteiger partial charge in [-0.05, 0) is 26.0 Å². The number of ether oxygens (including phenoxy) is 1. The third-order valence-corrected chi connectivity index (χ3v) is 2.62. The molecule has 0 saturated carbocycles. The molecule has 16 heavy (non-hydrogen) atoms. The number of benzene rings is 1. The van der Waals surface area contributed by atoms with Crippen molar-refractivity contribution in [1.82, 2.24) is 0 Å². The van der Waals surface area contributed by atoms with Gasteiger partial charge in [-0.15, -0.1) is 0 Å². The highest BCUT2D eigenvalue weighted by molar-refractivity contribution is 5.95. The minimum absolute atomic E-state index is 0.0284. The van der Waals surface area contributed by atoms with Gasteiger partial charge in [-0.2, -0.15) is 0 Å². The number of nitrogens with zero attached hydrogens (tertiary/aromatic N) is 1. The lowest BCUT2D eigenvalue weighted by molar-refractivity contribution is -0.119. The molecule has 1 aromatic carbocycles. The fraction of sp³-hybridized carbons (Fsp3) is 0.417. The Morgan fingerprint density at radius 1 is 1.56 bits per heavy atom. The van der Waals surface area contributed by atoms with Crippen molar-refractivity contribution in [3.63, 3.8) is 0 Å². The van der Waals surface area contributed by atoms with E-state index in [4.69, 9.17) is 4.74 Å². The zero-order valence-corrected chi connectivity index (χ0v) is 9.37. The molecule has 0 unspecified atom stereocenters. The Bertz CT molecular complexity index is 419. The zero-order chi connectivity index (χ0) is 11.7. The van der Waals surface area contributed by atoms with Crippen molar-refractivity contribution in [2.45, 2.75) is 26.4 Å². The van der Waals surface area contributed by atoms with Crippen molar-refractivity contribution in [3.05, 3.63) is 24.0 Å². The fourth-order valence-electron chi connectivity index (χ4n) is 1.90. The average Bonchev–Trinajstić information content (AvgIpc) is 2.33. The molecule has 1 aliphatic heterocycles. The molecule has 1 aliphatic rings. The van der Waals surface area contributed by atoms with E-state index in [-0.39, 0.29) is 17.8 Å². The van der Waals surface area contributed by atoms with Gasteiger partial charge in [0.25, 0.3) is 0 Å². The Morgan fingerprint density at radius 3 is 3.00 bits per heavy atom. The van der Waals surface area contributed by atoms with Crippen LogP contribution in [0.4, 0.5) is 10.1 Å². The van der Waals surface area contributed by atoms with E-state index in [2.05, 4.69) is 0 Å². The Hall–Kier alpha value is -1.58. The van der Waals surface area contributed by atoms with Crippen LogP contribution in [0.25, 0.3) is 0 Å². The monoisotopic (exact) mass is 223 g/mol. The molecule has 2 rings (SSSR count). The van der Waals surface area contributed by atoms with Crippen molar-refractivity contribution < 1.29 is 13.9 Å². The molecule has 0 spiro atoms. The summed E-state index contributed by atoms with van der Waals surface area (Å²) in [6.07, 6.45) is 0.151. The second-order valence-electron chi connectivity index (χ2n) is 3.88. The van der Waals surface area contributed by atoms with Crippen LogP contribution in [0.15, 0.2) is 18.2 Å². The van der Waals surface area contributed by atoms with E-state index in [1.54, 1.807) is 11.0 Å². The summed E-state index contributed by atoms with van der Waals surface area (Å²) in [6.45, 7) is 4.22. The number of amides is 1. The van der Waals surface area contributed by atoms with Gasteiger partial charge in [0, 0.05) is 12.6 Å². The lowest BCUT2D eigenvalue weighted by Gasteiger charge is -2.19. The molecule has 3 nitrogen and oxygen atoms in total. The predicted molar refractivity (Wildman–Crippen MR) is 59.1 cm³/mol. The van der Waals surface area contributed by atoms with Gasteiger partial charge in [-0.25, -0.2) is 4.39 Å². The molecule has 0 fully saturated rings. The quantitative estimate of drug-likeness (QED) is 0.731. The summed E-state index contributed by atoms with van der Waals surface area (Å²) in [6, 6.07) is 4.26. The number of carbonyl (C=O) groups is 1. The van der Waals surface area contributed by atoms with Gasteiger partial charge in [0.15, 0.2) is 0 Å². The molecule has 86 valence electrons. The van der Waals surface area contributed by atoms with Crippen LogP contribution in [0.2, 0.25) is 0 Å². The minimum atomic E-state index is -0.358. The van der Waals surface area contributed by atoms with Crippen molar-refractivity contribution in [2.24, 2.45) is 0 Å². The maximum Gasteiger partial charge on any atom is 0.230 e. The van der Waals surface area contributed by atoms with E-state index in [0.717, 1.165) is 0 Å². The lowest BCUT2D eigenvalue weighted by atomic mass is 10.2. The Balaban J connectivity index is 2.50. The zero-order valence-electron chi connectivity index (χ0n) is 9.37. The summed E-state index contributed by atoms with van der Waals surface area (Å²) in [7, 11) is 0. The number of carbonyl (C=O) groups excluding carboxylic acids is 1. The van der Waals surface area contributed by atoms with Crippen molar-refractivity contribution in [1.29, 1.82) is 0 Å². The van der Waals surface area contributed by atoms with Crippen LogP contribution in [0.3, 0.4) is 0 Å². The third-order valence-electron chi connectivity index (χ3n) is 2.62. The highest BCUT2D eigenvalue weighted by Gasteiger charge is 2.25. The molecule has 1 amide bonds. The number of hydrogen-bond acceptors (Lipinski definition) is 2. The molecule has 0 aromatic heterocycles. The van der Waals surface area contributed by atoms with E-state index in [1.165, 1.54) is 12.1 Å². The van der Waals surface area contributed by atoms with Crippen LogP contribution in [-0.2, 0) is 4.79 Å². The maximum atomic E-state index is 13.2. The highest BCUT2D eigenvalue weighted by Crippen LogP contribution is 2.33. The second-order valence-corrected chi connectivity index (χ2v) is 3.88. The van der Waals surface area contributed by atoms with Crippen molar-refractivity contribution in [2.75, 3.05) is 11.4 Å². The van der Waals surface area contributed by atoms with Crippen LogP contribution in [0, 0.1) is 5.82 Å². The molecule has 0 saturated heterocycles. The number of fused-ring (bicyclic) bond motifs is 1. The molecular weight excluding hydrogens is 209 g/mol. The SMILES string of the molecule is CCN1C(=O)C[C@@H](C)Oc2ccc(F)cc21. The lowest BCUT2D eigenvalue weighted by Crippen LogP contribution is -2.31. The number of halogens is 1. The molecule has 0 aliphatic carbocycles. The van der Waals surface area contributed by atoms with Crippen LogP contribution < -0.4 is 9.64 Å². The molecule has 1 aromatic rings. The summed E-state index contributed by atoms with van der Waals surface area (Å²) in [5.41, 5.74) is 0.525. The van der Waals surface area contributed by atoms with Crippen molar-refractivity contribution >= 4 is 11.6 Å². The minimum Gasteiger partial charge on any atom is -0.488 e. The first-order valence-electron chi connectivity index (χ1n) is 5.38. The summed E-state index contributed by atoms with van der Waals surface area (Å²) in [4.78, 5) is 13.4. The van der Waals surface area contributed by atoms with Gasteiger partial charge >= 0.3 is 0 Å². The van der Waals surface area contributed by atoms with Gasteiger partial charge < -0.3 is 9.64 Å². The first-order chi connectivity index (χ1) is 7.61. The standard InChI is InChI=1S/C12H14FNO2/c1-3-14-10-7-9(13)4-5-11(10)16-8(2)6-12(14)15/h4-5,7-8H,3,6H2,1-2H3/t8-/m1/s1. The summed E-state index contributed by atoms with van der Waals surface area (Å²) >= 11 is 0. The average molecular weight is 223 g/mol. The number of rotatable bonds is 1. The van der Waals surface area contributed by atoms with Gasteiger partial charge in [0.2, 0.25) is 5.91 Å². The third kappa shape index (κ3) is 1.87. The summed E-state index contributed by atoms with van der Waals surface area (Å²) < 4.78 is 18.8. The topological polar surface area (TPSA) is 29.5 Å². The summed E-state index contributed by atoms with van der Waals surface area (Å²) in [5.74, 6) is 0.184. The van der Waals surface area contributed by atoms with Crippen molar-refractivity contribution in [3.8, 4) is 5.75 Å². The van der Waals surface area contributed by atoms with Crippen LogP contribution in [0.5, 0.6) is 5.75 Å². The Labute approximate surface area is 93.8 Å². The van der Waals surface area contributed by atoms with E-state index >= 15 is 0 Å². The molecule has 0 N–H and O–H groups in total. The van der Waals surface area contributed by atoms with E-state index < -0.39 is 0 Å². The molecule has 0 bridgehead atoms. The molecule has 1 atom stereocenters. The normalized spacial score (nSPS) is 20.1. The van der Waals surface area contributed by atoms with Crippen LogP contribution in [0.1, 0.15) is 20.3 Å². The predicted octanol–water partition coefficient (Wildman–Crippen LogP) is 2.35. The smallest absolute Gasteiger partial charge is 0.230 e. The van der Waals surface area contributed by atoms with E-state index in [0.29, 0.717) is 24.4 Å². The first-order valence-corrected chi connectivity index (χ1v) is 5.38. The number of anilines is 1. The fourth-order valence-corrected chi connectivity index (χ4v) is 1.90. The molecule has 4 heteroatoms. The Kier molecular flexibility index (Phi) is 2.81. The van der Waals surface area contributed by atoms with Gasteiger partial charge in [0.1, 0.15) is 17.7 Å². The first kappa shape index (κ1) is 10.9. The Morgan fingerprint density at radius 2 is 2.31 bits per heavy atom. The van der Waals surface area contributed by atoms with Gasteiger partial charge in [0.05, 0.1) is 12.1 Å². The van der Waals surface area contributed by atoms with E-state index in [1.807, 2.05) is 13.8 Å². The van der Waals surface area contributed by atoms with E-state index in [9.17, 15) is 9.18 Å². The second kappa shape index (κ2) is 4.12. The molecule has 0 radical (unpaired) electrons. The molecule has 1 heterocycles. The van der Waals surface area contributed by atoms with Crippen LogP contribution in [-0.4, -0.2) is 18.6 Å². The summed E-state index contributed by atoms with van der Waals surface area (Å²) in [5, 5.41) is 0. The largest absolute Gasteiger partial charge is 0.488 e. The maximum absolute atomic E-state index is 13.2. The van der Waals surface area contributed by atoms with Gasteiger partial charge in [-0.1, -0.05) is 0 Å². The van der Waals surface area contributed by atoms with Crippen LogP contribution >= 0.6 is 0 Å². The molecular formula is C12H14FNO2. The number of hydrogen-bond donors (Lipinski definition) is 0. The highest BCUT2D eigenvalue weighted by atomic mass is 19.1.